The Labute approximate surface area is 730 Å². The van der Waals surface area contributed by atoms with E-state index in [0.717, 1.165) is 188 Å². The van der Waals surface area contributed by atoms with Crippen LogP contribution in [0.2, 0.25) is 0 Å². The molecular formula is C104H122N8O12. The third-order valence-corrected chi connectivity index (χ3v) is 20.9. The van der Waals surface area contributed by atoms with Crippen molar-refractivity contribution in [2.45, 2.75) is 188 Å². The molecule has 0 saturated heterocycles. The van der Waals surface area contributed by atoms with E-state index in [9.17, 15) is 0 Å². The van der Waals surface area contributed by atoms with Gasteiger partial charge in [-0.1, -0.05) is 132 Å². The van der Waals surface area contributed by atoms with Crippen molar-refractivity contribution in [1.82, 2.24) is 39.9 Å². The summed E-state index contributed by atoms with van der Waals surface area (Å²) in [6.07, 6.45) is 26.9. The molecule has 3 aromatic heterocycles. The van der Waals surface area contributed by atoms with Gasteiger partial charge in [-0.2, -0.15) is 0 Å². The molecule has 0 fully saturated rings. The summed E-state index contributed by atoms with van der Waals surface area (Å²) in [5, 5.41) is 3.26. The van der Waals surface area contributed by atoms with Gasteiger partial charge >= 0.3 is 0 Å². The van der Waals surface area contributed by atoms with Crippen molar-refractivity contribution in [2.24, 2.45) is 0 Å². The molecule has 0 amide bonds. The highest BCUT2D eigenvalue weighted by Gasteiger charge is 2.28. The minimum Gasteiger partial charge on any atom is -0.490 e. The molecule has 20 heteroatoms. The van der Waals surface area contributed by atoms with Crippen LogP contribution in [0.4, 0.5) is 0 Å². The second kappa shape index (κ2) is 43.1. The van der Waals surface area contributed by atoms with Crippen molar-refractivity contribution in [1.29, 1.82) is 0 Å². The van der Waals surface area contributed by atoms with E-state index in [1.165, 1.54) is 0 Å². The molecule has 2 aliphatic rings. The molecule has 13 rings (SSSR count). The number of aromatic amines is 2. The van der Waals surface area contributed by atoms with Crippen molar-refractivity contribution in [3.8, 4) is 115 Å². The average molecular weight is 1680 g/mol. The van der Waals surface area contributed by atoms with Gasteiger partial charge in [-0.15, -0.1) is 0 Å². The van der Waals surface area contributed by atoms with Crippen LogP contribution >= 0.6 is 0 Å². The van der Waals surface area contributed by atoms with Gasteiger partial charge in [-0.3, -0.25) is 0 Å². The highest BCUT2D eigenvalue weighted by Crippen LogP contribution is 2.47. The number of H-pyrrole nitrogens is 2. The molecule has 5 heterocycles. The molecular weight excluding hydrogens is 1550 g/mol. The van der Waals surface area contributed by atoms with Gasteiger partial charge in [-0.05, 0) is 269 Å². The molecule has 0 aliphatic carbocycles. The Balaban J connectivity index is 1.07. The van der Waals surface area contributed by atoms with Gasteiger partial charge < -0.3 is 66.8 Å². The SMILES string of the molecule is CCCOc1cc(/C=C/c2cc3c(cc2C)-c2nc-3nc3[nH]c(nc4nc(nc5[nH]c(n2)c2cc(/C=C/c6cc(OCCC)c(OCCC)c(OCCC)c6)c(C)cc52)-c2cc(/C=C/c5cc(OCCC)c(OCCC)c(OCCC)c5)c(C)cc2-4)c2cc(/C=C/c4cc(OCCC)c(OCCC)c(OCCC)c4)c(C)cc32)cc(OCCC)c1OCCC. The maximum Gasteiger partial charge on any atom is 0.203 e. The fourth-order valence-corrected chi connectivity index (χ4v) is 14.6. The predicted molar refractivity (Wildman–Crippen MR) is 506 cm³/mol. The van der Waals surface area contributed by atoms with Crippen molar-refractivity contribution in [3.63, 3.8) is 0 Å². The van der Waals surface area contributed by atoms with Crippen molar-refractivity contribution < 1.29 is 56.8 Å². The van der Waals surface area contributed by atoms with Crippen LogP contribution in [0.1, 0.15) is 227 Å². The second-order valence-electron chi connectivity index (χ2n) is 31.5. The van der Waals surface area contributed by atoms with E-state index in [0.29, 0.717) is 194 Å². The number of hydrogen-bond donors (Lipinski definition) is 2. The molecule has 11 aromatic rings. The number of aromatic nitrogens is 8. The van der Waals surface area contributed by atoms with Crippen LogP contribution in [0, 0.1) is 27.7 Å². The van der Waals surface area contributed by atoms with Crippen molar-refractivity contribution in [2.75, 3.05) is 79.3 Å². The lowest BCUT2D eigenvalue weighted by atomic mass is 9.98. The highest BCUT2D eigenvalue weighted by molar-refractivity contribution is 6.08. The van der Waals surface area contributed by atoms with E-state index in [1.54, 1.807) is 0 Å². The summed E-state index contributed by atoms with van der Waals surface area (Å²) in [4.78, 5) is 41.2. The standard InChI is InChI=1S/C104H122N8O12/c1-17-37-113-85-53-69(54-86(114-38-18-2)93(85)121-45-25-9)29-33-73-61-81-77(49-65(73)13)97-105-101(81)109-98-78-50-66(14)74(34-30-70-55-87(115-39-19-3)94(122-46-26-10)88(56-70)116-40-20-4)62-82(78)103(106-98)111-100-80-52-68(16)76(36-32-72-59-91(119-43-23-7)96(124-48-28-12)92(60-72)120-44-24-8)64-84(80)104(108-100)112-99-79-51-67(15)75(63-83(79)102(107-99)110-97)35-31-71-57-89(117-41-21-5)95(123-47-27-11)90(58-71)118-42-22-6/h29-36,49-64H,17-28,37-48H2,1-16H3,(H2,105,106,107,108,109,110,111,112)/b33-29+,34-30+,35-31+,36-32+. The third kappa shape index (κ3) is 21.1. The number of aryl methyl sites for hydroxylation is 4. The van der Waals surface area contributed by atoms with E-state index < -0.39 is 0 Å². The molecule has 650 valence electrons. The number of fused-ring (bicyclic) bond motifs is 20. The number of hydrogen-bond acceptors (Lipinski definition) is 18. The van der Waals surface area contributed by atoms with Gasteiger partial charge in [0.15, 0.2) is 69.3 Å². The predicted octanol–water partition coefficient (Wildman–Crippen LogP) is 26.3. The van der Waals surface area contributed by atoms with Crippen LogP contribution in [0.25, 0.3) is 138 Å². The molecule has 0 atom stereocenters. The monoisotopic (exact) mass is 1670 g/mol. The number of nitrogens with one attached hydrogen (secondary N) is 2. The normalized spacial score (nSPS) is 11.9. The Hall–Kier alpha value is -12.3. The van der Waals surface area contributed by atoms with E-state index in [2.05, 4.69) is 218 Å². The minimum atomic E-state index is 0.449. The van der Waals surface area contributed by atoms with E-state index in [1.807, 2.05) is 48.5 Å². The van der Waals surface area contributed by atoms with Gasteiger partial charge in [-0.25, -0.2) is 29.9 Å². The van der Waals surface area contributed by atoms with Crippen LogP contribution < -0.4 is 56.8 Å². The van der Waals surface area contributed by atoms with Crippen LogP contribution in [0.15, 0.2) is 97.1 Å². The quantitative estimate of drug-likeness (QED) is 0.0339. The Bertz CT molecular complexity index is 5440. The van der Waals surface area contributed by atoms with Crippen LogP contribution in [-0.2, 0) is 0 Å². The Kier molecular flexibility index (Phi) is 31.1. The smallest absolute Gasteiger partial charge is 0.203 e. The second-order valence-corrected chi connectivity index (χ2v) is 31.5. The van der Waals surface area contributed by atoms with Crippen LogP contribution in [-0.4, -0.2) is 119 Å². The minimum absolute atomic E-state index is 0.449. The number of benzene rings is 8. The lowest BCUT2D eigenvalue weighted by Crippen LogP contribution is -2.05. The summed E-state index contributed by atoms with van der Waals surface area (Å²) in [5.74, 6) is 9.39. The van der Waals surface area contributed by atoms with Gasteiger partial charge in [0.1, 0.15) is 22.6 Å². The van der Waals surface area contributed by atoms with Crippen LogP contribution in [0.3, 0.4) is 0 Å². The zero-order chi connectivity index (χ0) is 87.2. The molecule has 8 aromatic carbocycles. The molecule has 8 bridgehead atoms. The maximum atomic E-state index is 6.41. The maximum absolute atomic E-state index is 6.41. The first-order valence-electron chi connectivity index (χ1n) is 45.0. The molecule has 0 radical (unpaired) electrons. The fourth-order valence-electron chi connectivity index (χ4n) is 14.6. The molecule has 0 spiro atoms. The average Bonchev–Trinajstić information content (AvgIpc) is 1.59. The van der Waals surface area contributed by atoms with Crippen LogP contribution in [0.5, 0.6) is 69.0 Å². The zero-order valence-electron chi connectivity index (χ0n) is 75.4. The first-order valence-corrected chi connectivity index (χ1v) is 45.0. The lowest BCUT2D eigenvalue weighted by molar-refractivity contribution is 0.243. The third-order valence-electron chi connectivity index (χ3n) is 20.9. The lowest BCUT2D eigenvalue weighted by Gasteiger charge is -2.17. The van der Waals surface area contributed by atoms with Crippen molar-refractivity contribution in [3.05, 3.63) is 164 Å². The van der Waals surface area contributed by atoms with Gasteiger partial charge in [0, 0.05) is 43.8 Å². The summed E-state index contributed by atoms with van der Waals surface area (Å²) in [6.45, 7) is 39.9. The van der Waals surface area contributed by atoms with Gasteiger partial charge in [0.25, 0.3) is 0 Å². The zero-order valence-corrected chi connectivity index (χ0v) is 75.4. The van der Waals surface area contributed by atoms with E-state index in [4.69, 9.17) is 86.7 Å². The summed E-state index contributed by atoms with van der Waals surface area (Å²) in [7, 11) is 0. The molecule has 0 unspecified atom stereocenters. The summed E-state index contributed by atoms with van der Waals surface area (Å²) in [6, 6.07) is 33.6. The summed E-state index contributed by atoms with van der Waals surface area (Å²) >= 11 is 0. The molecule has 20 nitrogen and oxygen atoms in total. The Morgan fingerprint density at radius 3 is 0.613 bits per heavy atom. The number of rotatable bonds is 44. The summed E-state index contributed by atoms with van der Waals surface area (Å²) in [5.41, 5.74) is 16.6. The topological polar surface area (TPSA) is 220 Å². The largest absolute Gasteiger partial charge is 0.490 e. The molecule has 2 aliphatic heterocycles. The molecule has 0 saturated carbocycles. The highest BCUT2D eigenvalue weighted by atomic mass is 16.6. The Morgan fingerprint density at radius 2 is 0.395 bits per heavy atom. The first-order chi connectivity index (χ1) is 60.6. The first kappa shape index (κ1) is 89.4. The summed E-state index contributed by atoms with van der Waals surface area (Å²) < 4.78 is 76.7. The van der Waals surface area contributed by atoms with E-state index >= 15 is 0 Å². The molecule has 124 heavy (non-hydrogen) atoms. The van der Waals surface area contributed by atoms with E-state index in [-0.39, 0.29) is 0 Å². The number of ether oxygens (including phenoxy) is 12. The fraction of sp³-hybridized carbons (Fsp3) is 0.385. The number of nitrogens with zero attached hydrogens (tertiary/aromatic N) is 6. The molecule has 2 N–H and O–H groups in total. The van der Waals surface area contributed by atoms with Crippen molar-refractivity contribution >= 4 is 92.7 Å². The van der Waals surface area contributed by atoms with Gasteiger partial charge in [0.2, 0.25) is 23.0 Å². The van der Waals surface area contributed by atoms with Gasteiger partial charge in [0.05, 0.1) is 79.3 Å². The Morgan fingerprint density at radius 1 is 0.210 bits per heavy atom.